The van der Waals surface area contributed by atoms with E-state index in [0.29, 0.717) is 5.76 Å². The van der Waals surface area contributed by atoms with Gasteiger partial charge in [0.2, 0.25) is 0 Å². The smallest absolute Gasteiger partial charge is 0.179 e. The first-order valence-corrected chi connectivity index (χ1v) is 8.92. The fourth-order valence-electron chi connectivity index (χ4n) is 1.96. The van der Waals surface area contributed by atoms with Crippen molar-refractivity contribution in [3.63, 3.8) is 0 Å². The molecule has 0 bridgehead atoms. The van der Waals surface area contributed by atoms with Crippen molar-refractivity contribution in [2.75, 3.05) is 0 Å². The molecule has 2 aromatic carbocycles. The summed E-state index contributed by atoms with van der Waals surface area (Å²) in [7, 11) is 0. The zero-order valence-corrected chi connectivity index (χ0v) is 15.5. The number of benzene rings is 2. The maximum atomic E-state index is 5.90. The molecule has 0 unspecified atom stereocenters. The fourth-order valence-corrected chi connectivity index (χ4v) is 3.41. The largest absolute Gasteiger partial charge is 0.447 e. The molecule has 0 aliphatic heterocycles. The summed E-state index contributed by atoms with van der Waals surface area (Å²) in [4.78, 5) is 5.51. The van der Waals surface area contributed by atoms with Crippen LogP contribution in [0.1, 0.15) is 11.3 Å². The number of hydrogen-bond acceptors (Lipinski definition) is 3. The van der Waals surface area contributed by atoms with Crippen molar-refractivity contribution in [2.45, 2.75) is 16.9 Å². The molecule has 0 fully saturated rings. The quantitative estimate of drug-likeness (QED) is 0.440. The lowest BCUT2D eigenvalue weighted by Crippen LogP contribution is -1.75. The summed E-state index contributed by atoms with van der Waals surface area (Å²) < 4.78 is 6.74. The molecule has 3 aromatic rings. The van der Waals surface area contributed by atoms with Crippen LogP contribution >= 0.6 is 39.3 Å². The number of furan rings is 1. The van der Waals surface area contributed by atoms with E-state index in [2.05, 4.69) is 20.9 Å². The molecule has 0 saturated heterocycles. The van der Waals surface area contributed by atoms with E-state index in [-0.39, 0.29) is 0 Å². The third kappa shape index (κ3) is 4.50. The second kappa shape index (κ2) is 7.39. The predicted octanol–water partition coefficient (Wildman–Crippen LogP) is 6.91. The predicted molar refractivity (Wildman–Crippen MR) is 100 cm³/mol. The van der Waals surface area contributed by atoms with Crippen LogP contribution in [0.5, 0.6) is 0 Å². The summed E-state index contributed by atoms with van der Waals surface area (Å²) in [6.45, 7) is 2.05. The van der Waals surface area contributed by atoms with Crippen LogP contribution in [0, 0.1) is 6.92 Å². The van der Waals surface area contributed by atoms with Crippen molar-refractivity contribution >= 4 is 51.2 Å². The Bertz CT molecular complexity index is 842. The number of halogens is 2. The van der Waals surface area contributed by atoms with Gasteiger partial charge in [-0.15, -0.1) is 0 Å². The molecule has 0 saturated carbocycles. The van der Waals surface area contributed by atoms with Crippen LogP contribution in [-0.2, 0) is 0 Å². The van der Waals surface area contributed by atoms with E-state index in [0.717, 1.165) is 25.2 Å². The Hall–Kier alpha value is -1.49. The first-order chi connectivity index (χ1) is 11.1. The third-order valence-electron chi connectivity index (χ3n) is 3.04. The molecule has 2 nitrogen and oxygen atoms in total. The molecule has 23 heavy (non-hydrogen) atoms. The number of rotatable bonds is 4. The summed E-state index contributed by atoms with van der Waals surface area (Å²) in [5.41, 5.74) is 2.09. The van der Waals surface area contributed by atoms with Gasteiger partial charge in [-0.1, -0.05) is 35.5 Å². The Labute approximate surface area is 152 Å². The lowest BCUT2D eigenvalue weighted by atomic mass is 10.2. The molecule has 0 aliphatic carbocycles. The Morgan fingerprint density at radius 3 is 2.65 bits per heavy atom. The average molecular weight is 407 g/mol. The van der Waals surface area contributed by atoms with Crippen LogP contribution in [0.4, 0.5) is 5.69 Å². The van der Waals surface area contributed by atoms with Gasteiger partial charge >= 0.3 is 0 Å². The standard InChI is InChI=1S/C18H13BrClNOS/c1-12-3-2-4-14(9-12)21-11-15-10-17(19)18(22-15)23-16-7-5-13(20)6-8-16/h2-11H,1H3. The molecule has 0 radical (unpaired) electrons. The van der Waals surface area contributed by atoms with Crippen molar-refractivity contribution in [3.8, 4) is 0 Å². The number of aryl methyl sites for hydroxylation is 1. The summed E-state index contributed by atoms with van der Waals surface area (Å²) in [5.74, 6) is 0.704. The minimum Gasteiger partial charge on any atom is -0.447 e. The second-order valence-electron chi connectivity index (χ2n) is 4.94. The van der Waals surface area contributed by atoms with Crippen molar-refractivity contribution in [3.05, 3.63) is 75.4 Å². The van der Waals surface area contributed by atoms with Gasteiger partial charge in [0.15, 0.2) is 5.09 Å². The van der Waals surface area contributed by atoms with Crippen LogP contribution in [0.25, 0.3) is 0 Å². The number of aliphatic imine (C=N–C) groups is 1. The molecule has 0 aliphatic rings. The fraction of sp³-hybridized carbons (Fsp3) is 0.0556. The van der Waals surface area contributed by atoms with Crippen LogP contribution in [0.15, 0.2) is 78.5 Å². The lowest BCUT2D eigenvalue weighted by Gasteiger charge is -1.98. The highest BCUT2D eigenvalue weighted by atomic mass is 79.9. The Morgan fingerprint density at radius 1 is 1.13 bits per heavy atom. The zero-order valence-electron chi connectivity index (χ0n) is 12.3. The first-order valence-electron chi connectivity index (χ1n) is 6.94. The monoisotopic (exact) mass is 405 g/mol. The molecule has 116 valence electrons. The Balaban J connectivity index is 1.76. The van der Waals surface area contributed by atoms with Crippen LogP contribution in [0.3, 0.4) is 0 Å². The highest BCUT2D eigenvalue weighted by molar-refractivity contribution is 9.10. The van der Waals surface area contributed by atoms with E-state index in [4.69, 9.17) is 16.0 Å². The molecular weight excluding hydrogens is 394 g/mol. The molecule has 3 rings (SSSR count). The van der Waals surface area contributed by atoms with Gasteiger partial charge in [-0.2, -0.15) is 0 Å². The van der Waals surface area contributed by atoms with Crippen molar-refractivity contribution in [1.29, 1.82) is 0 Å². The molecule has 1 aromatic heterocycles. The van der Waals surface area contributed by atoms with Crippen molar-refractivity contribution in [2.24, 2.45) is 4.99 Å². The van der Waals surface area contributed by atoms with Gasteiger partial charge in [0.25, 0.3) is 0 Å². The molecular formula is C18H13BrClNOS. The van der Waals surface area contributed by atoms with Gasteiger partial charge in [0, 0.05) is 16.0 Å². The second-order valence-corrected chi connectivity index (χ2v) is 7.27. The van der Waals surface area contributed by atoms with E-state index in [1.54, 1.807) is 6.21 Å². The maximum Gasteiger partial charge on any atom is 0.179 e. The number of hydrogen-bond donors (Lipinski definition) is 0. The summed E-state index contributed by atoms with van der Waals surface area (Å²) in [5, 5.41) is 1.51. The van der Waals surface area contributed by atoms with Gasteiger partial charge in [-0.3, -0.25) is 4.99 Å². The third-order valence-corrected chi connectivity index (χ3v) is 5.14. The topological polar surface area (TPSA) is 25.5 Å². The Morgan fingerprint density at radius 2 is 1.91 bits per heavy atom. The molecule has 5 heteroatoms. The minimum atomic E-state index is 0.704. The van der Waals surface area contributed by atoms with E-state index in [1.807, 2.05) is 61.5 Å². The maximum absolute atomic E-state index is 5.90. The molecule has 0 atom stereocenters. The van der Waals surface area contributed by atoms with Gasteiger partial charge < -0.3 is 4.42 Å². The zero-order chi connectivity index (χ0) is 16.2. The van der Waals surface area contributed by atoms with Crippen LogP contribution in [-0.4, -0.2) is 6.21 Å². The van der Waals surface area contributed by atoms with Crippen molar-refractivity contribution < 1.29 is 4.42 Å². The molecule has 0 spiro atoms. The van der Waals surface area contributed by atoms with Gasteiger partial charge in [-0.05, 0) is 64.8 Å². The van der Waals surface area contributed by atoms with Gasteiger partial charge in [0.05, 0.1) is 16.4 Å². The lowest BCUT2D eigenvalue weighted by molar-refractivity contribution is 0.466. The highest BCUT2D eigenvalue weighted by Gasteiger charge is 2.09. The average Bonchev–Trinajstić information content (AvgIpc) is 2.88. The van der Waals surface area contributed by atoms with E-state index in [1.165, 1.54) is 17.3 Å². The van der Waals surface area contributed by atoms with Gasteiger partial charge in [-0.25, -0.2) is 0 Å². The molecule has 0 amide bonds. The van der Waals surface area contributed by atoms with E-state index in [9.17, 15) is 0 Å². The minimum absolute atomic E-state index is 0.704. The number of nitrogens with zero attached hydrogens (tertiary/aromatic N) is 1. The summed E-state index contributed by atoms with van der Waals surface area (Å²) in [6.07, 6.45) is 1.73. The molecule has 1 heterocycles. The SMILES string of the molecule is Cc1cccc(N=Cc2cc(Br)c(Sc3ccc(Cl)cc3)o2)c1. The van der Waals surface area contributed by atoms with E-state index < -0.39 is 0 Å². The molecule has 0 N–H and O–H groups in total. The van der Waals surface area contributed by atoms with Gasteiger partial charge in [0.1, 0.15) is 5.76 Å². The van der Waals surface area contributed by atoms with E-state index >= 15 is 0 Å². The van der Waals surface area contributed by atoms with Crippen molar-refractivity contribution in [1.82, 2.24) is 0 Å². The van der Waals surface area contributed by atoms with Crippen LogP contribution in [0.2, 0.25) is 5.02 Å². The first kappa shape index (κ1) is 16.4. The summed E-state index contributed by atoms with van der Waals surface area (Å²) in [6, 6.07) is 17.6. The summed E-state index contributed by atoms with van der Waals surface area (Å²) >= 11 is 11.0. The van der Waals surface area contributed by atoms with Crippen LogP contribution < -0.4 is 0 Å². The Kier molecular flexibility index (Phi) is 5.26. The normalized spacial score (nSPS) is 11.3. The highest BCUT2D eigenvalue weighted by Crippen LogP contribution is 2.36.